The van der Waals surface area contributed by atoms with Crippen LogP contribution in [-0.4, -0.2) is 35.7 Å². The summed E-state index contributed by atoms with van der Waals surface area (Å²) in [7, 11) is 0. The van der Waals surface area contributed by atoms with Gasteiger partial charge in [-0.2, -0.15) is 0 Å². The van der Waals surface area contributed by atoms with E-state index in [1.807, 2.05) is 6.26 Å². The molecule has 1 saturated carbocycles. The third kappa shape index (κ3) is 3.32. The number of nitrogens with zero attached hydrogens (tertiary/aromatic N) is 2. The summed E-state index contributed by atoms with van der Waals surface area (Å²) in [5.41, 5.74) is 1.07. The average Bonchev–Trinajstić information content (AvgIpc) is 2.98. The number of oxazole rings is 1. The summed E-state index contributed by atoms with van der Waals surface area (Å²) in [6, 6.07) is 0.871. The molecule has 1 unspecified atom stereocenters. The lowest BCUT2D eigenvalue weighted by molar-refractivity contribution is -0.0461. The molecule has 0 spiro atoms. The first-order valence-electron chi connectivity index (χ1n) is 8.35. The van der Waals surface area contributed by atoms with Gasteiger partial charge in [0.25, 0.3) is 0 Å². The molecule has 3 rings (SSSR count). The zero-order valence-corrected chi connectivity index (χ0v) is 13.6. The Bertz CT molecular complexity index is 458. The molecular weight excluding hydrogens is 264 g/mol. The fraction of sp³-hybridized carbons (Fsp3) is 0.824. The van der Waals surface area contributed by atoms with E-state index in [2.05, 4.69) is 25.7 Å². The lowest BCUT2D eigenvalue weighted by atomic mass is 9.92. The largest absolute Gasteiger partial charge is 0.447 e. The Kier molecular flexibility index (Phi) is 4.36. The maximum Gasteiger partial charge on any atom is 0.214 e. The van der Waals surface area contributed by atoms with Crippen LogP contribution in [0.2, 0.25) is 0 Å². The van der Waals surface area contributed by atoms with Crippen molar-refractivity contribution < 1.29 is 9.15 Å². The molecule has 1 aliphatic carbocycles. The van der Waals surface area contributed by atoms with Crippen LogP contribution < -0.4 is 0 Å². The number of aromatic nitrogens is 1. The number of morpholine rings is 1. The molecule has 1 aliphatic heterocycles. The Balaban J connectivity index is 1.78. The Morgan fingerprint density at radius 2 is 1.95 bits per heavy atom. The topological polar surface area (TPSA) is 38.5 Å². The first-order chi connectivity index (χ1) is 10.1. The minimum atomic E-state index is 0.0347. The molecule has 21 heavy (non-hydrogen) atoms. The SMILES string of the molecule is CC(C)(C)c1coc(C2COCCN2C2CCCCC2)n1. The molecule has 2 fully saturated rings. The van der Waals surface area contributed by atoms with Gasteiger partial charge in [0.05, 0.1) is 18.9 Å². The number of hydrogen-bond acceptors (Lipinski definition) is 4. The van der Waals surface area contributed by atoms with Crippen LogP contribution in [0.3, 0.4) is 0 Å². The van der Waals surface area contributed by atoms with Gasteiger partial charge in [0.15, 0.2) is 0 Å². The van der Waals surface area contributed by atoms with E-state index >= 15 is 0 Å². The van der Waals surface area contributed by atoms with Crippen LogP contribution in [0.5, 0.6) is 0 Å². The van der Waals surface area contributed by atoms with Crippen molar-refractivity contribution in [1.29, 1.82) is 0 Å². The second-order valence-corrected chi connectivity index (χ2v) is 7.44. The summed E-state index contributed by atoms with van der Waals surface area (Å²) in [6.45, 7) is 9.06. The predicted molar refractivity (Wildman–Crippen MR) is 82.3 cm³/mol. The van der Waals surface area contributed by atoms with Gasteiger partial charge in [0.2, 0.25) is 5.89 Å². The van der Waals surface area contributed by atoms with Crippen molar-refractivity contribution in [1.82, 2.24) is 9.88 Å². The minimum absolute atomic E-state index is 0.0347. The van der Waals surface area contributed by atoms with Gasteiger partial charge in [0, 0.05) is 18.0 Å². The highest BCUT2D eigenvalue weighted by Gasteiger charge is 2.34. The molecule has 0 aromatic carbocycles. The van der Waals surface area contributed by atoms with E-state index < -0.39 is 0 Å². The molecule has 4 nitrogen and oxygen atoms in total. The average molecular weight is 292 g/mol. The highest BCUT2D eigenvalue weighted by atomic mass is 16.5. The van der Waals surface area contributed by atoms with Gasteiger partial charge in [-0.3, -0.25) is 4.90 Å². The monoisotopic (exact) mass is 292 g/mol. The van der Waals surface area contributed by atoms with Crippen LogP contribution >= 0.6 is 0 Å². The molecule has 2 aliphatic rings. The van der Waals surface area contributed by atoms with Crippen LogP contribution in [0.15, 0.2) is 10.7 Å². The molecule has 2 heterocycles. The molecule has 1 aromatic rings. The van der Waals surface area contributed by atoms with Gasteiger partial charge in [0.1, 0.15) is 12.3 Å². The Hall–Kier alpha value is -0.870. The summed E-state index contributed by atoms with van der Waals surface area (Å²) < 4.78 is 11.5. The molecule has 0 bridgehead atoms. The number of hydrogen-bond donors (Lipinski definition) is 0. The summed E-state index contributed by atoms with van der Waals surface area (Å²) in [5.74, 6) is 0.838. The standard InChI is InChI=1S/C17H28N2O2/c1-17(2,3)15-12-21-16(18-15)14-11-20-10-9-19(14)13-7-5-4-6-8-13/h12-14H,4-11H2,1-3H3. The molecule has 0 amide bonds. The van der Waals surface area contributed by atoms with Gasteiger partial charge in [-0.15, -0.1) is 0 Å². The third-order valence-electron chi connectivity index (χ3n) is 4.79. The Morgan fingerprint density at radius 3 is 2.62 bits per heavy atom. The van der Waals surface area contributed by atoms with Gasteiger partial charge in [-0.25, -0.2) is 4.98 Å². The molecule has 1 atom stereocenters. The third-order valence-corrected chi connectivity index (χ3v) is 4.79. The van der Waals surface area contributed by atoms with Gasteiger partial charge in [-0.1, -0.05) is 40.0 Å². The van der Waals surface area contributed by atoms with Gasteiger partial charge < -0.3 is 9.15 Å². The van der Waals surface area contributed by atoms with Crippen LogP contribution in [-0.2, 0) is 10.2 Å². The predicted octanol–water partition coefficient (Wildman–Crippen LogP) is 3.68. The number of rotatable bonds is 2. The maximum absolute atomic E-state index is 5.82. The second-order valence-electron chi connectivity index (χ2n) is 7.44. The quantitative estimate of drug-likeness (QED) is 0.833. The van der Waals surface area contributed by atoms with Crippen LogP contribution in [0, 0.1) is 0 Å². The second kappa shape index (κ2) is 6.09. The van der Waals surface area contributed by atoms with E-state index in [1.54, 1.807) is 0 Å². The van der Waals surface area contributed by atoms with E-state index in [4.69, 9.17) is 14.1 Å². The first kappa shape index (κ1) is 15.0. The Labute approximate surface area is 127 Å². The van der Waals surface area contributed by atoms with Crippen LogP contribution in [0.25, 0.3) is 0 Å². The van der Waals surface area contributed by atoms with Crippen LogP contribution in [0.4, 0.5) is 0 Å². The highest BCUT2D eigenvalue weighted by Crippen LogP contribution is 2.33. The van der Waals surface area contributed by atoms with E-state index in [1.165, 1.54) is 32.1 Å². The van der Waals surface area contributed by atoms with Crippen molar-refractivity contribution >= 4 is 0 Å². The molecule has 1 aromatic heterocycles. The molecule has 0 radical (unpaired) electrons. The van der Waals surface area contributed by atoms with Crippen molar-refractivity contribution in [3.8, 4) is 0 Å². The zero-order chi connectivity index (χ0) is 14.9. The number of ether oxygens (including phenoxy) is 1. The van der Waals surface area contributed by atoms with E-state index in [-0.39, 0.29) is 11.5 Å². The summed E-state index contributed by atoms with van der Waals surface area (Å²) >= 11 is 0. The van der Waals surface area contributed by atoms with E-state index in [9.17, 15) is 0 Å². The van der Waals surface area contributed by atoms with Crippen molar-refractivity contribution in [2.45, 2.75) is 70.4 Å². The fourth-order valence-corrected chi connectivity index (χ4v) is 3.46. The maximum atomic E-state index is 5.82. The summed E-state index contributed by atoms with van der Waals surface area (Å²) in [5, 5.41) is 0. The fourth-order valence-electron chi connectivity index (χ4n) is 3.46. The molecular formula is C17H28N2O2. The molecule has 118 valence electrons. The zero-order valence-electron chi connectivity index (χ0n) is 13.6. The smallest absolute Gasteiger partial charge is 0.214 e. The normalized spacial score (nSPS) is 26.1. The minimum Gasteiger partial charge on any atom is -0.447 e. The summed E-state index contributed by atoms with van der Waals surface area (Å²) in [4.78, 5) is 7.35. The molecule has 0 N–H and O–H groups in total. The van der Waals surface area contributed by atoms with E-state index in [0.29, 0.717) is 12.6 Å². The van der Waals surface area contributed by atoms with Crippen LogP contribution in [0.1, 0.15) is 70.5 Å². The van der Waals surface area contributed by atoms with Crippen molar-refractivity contribution in [3.63, 3.8) is 0 Å². The molecule has 4 heteroatoms. The first-order valence-corrected chi connectivity index (χ1v) is 8.35. The summed E-state index contributed by atoms with van der Waals surface area (Å²) in [6.07, 6.45) is 8.54. The lowest BCUT2D eigenvalue weighted by Crippen LogP contribution is -2.46. The Morgan fingerprint density at radius 1 is 1.19 bits per heavy atom. The molecule has 1 saturated heterocycles. The van der Waals surface area contributed by atoms with Crippen molar-refractivity contribution in [3.05, 3.63) is 17.8 Å². The van der Waals surface area contributed by atoms with Crippen molar-refractivity contribution in [2.24, 2.45) is 0 Å². The van der Waals surface area contributed by atoms with E-state index in [0.717, 1.165) is 24.7 Å². The van der Waals surface area contributed by atoms with Gasteiger partial charge in [-0.05, 0) is 12.8 Å². The highest BCUT2D eigenvalue weighted by molar-refractivity contribution is 5.10. The van der Waals surface area contributed by atoms with Gasteiger partial charge >= 0.3 is 0 Å². The van der Waals surface area contributed by atoms with Crippen molar-refractivity contribution in [2.75, 3.05) is 19.8 Å². The lowest BCUT2D eigenvalue weighted by Gasteiger charge is -2.41.